The van der Waals surface area contributed by atoms with Gasteiger partial charge in [-0.3, -0.25) is 4.79 Å². The van der Waals surface area contributed by atoms with Gasteiger partial charge in [0.05, 0.1) is 7.11 Å². The molecule has 0 rings (SSSR count). The van der Waals surface area contributed by atoms with Crippen molar-refractivity contribution in [2.45, 2.75) is 32.2 Å². The normalized spacial score (nSPS) is 12.5. The molecule has 2 N–H and O–H groups in total. The van der Waals surface area contributed by atoms with Crippen molar-refractivity contribution in [3.05, 3.63) is 0 Å². The van der Waals surface area contributed by atoms with Crippen molar-refractivity contribution < 1.29 is 9.53 Å². The van der Waals surface area contributed by atoms with Crippen LogP contribution in [-0.2, 0) is 9.53 Å². The summed E-state index contributed by atoms with van der Waals surface area (Å²) >= 11 is 1.85. The van der Waals surface area contributed by atoms with Gasteiger partial charge in [0.1, 0.15) is 6.04 Å². The van der Waals surface area contributed by atoms with Gasteiger partial charge in [0.2, 0.25) is 0 Å². The minimum absolute atomic E-state index is 0.309. The number of hydrogen-bond acceptors (Lipinski definition) is 4. The molecule has 0 aromatic carbocycles. The maximum atomic E-state index is 10.9. The first-order valence-corrected chi connectivity index (χ1v) is 5.79. The van der Waals surface area contributed by atoms with Crippen LogP contribution in [0.2, 0.25) is 0 Å². The van der Waals surface area contributed by atoms with E-state index in [0.29, 0.717) is 6.42 Å². The molecule has 0 aliphatic carbocycles. The Labute approximate surface area is 84.4 Å². The van der Waals surface area contributed by atoms with Crippen molar-refractivity contribution in [2.75, 3.05) is 18.6 Å². The Balaban J connectivity index is 3.26. The van der Waals surface area contributed by atoms with Gasteiger partial charge in [0, 0.05) is 0 Å². The molecule has 0 radical (unpaired) electrons. The first-order chi connectivity index (χ1) is 6.22. The zero-order valence-corrected chi connectivity index (χ0v) is 9.23. The summed E-state index contributed by atoms with van der Waals surface area (Å²) in [6.45, 7) is 2.17. The molecule has 0 amide bonds. The molecule has 1 unspecified atom stereocenters. The molecule has 0 heterocycles. The van der Waals surface area contributed by atoms with E-state index in [1.165, 1.54) is 20.0 Å². The maximum Gasteiger partial charge on any atom is 0.322 e. The number of carbonyl (C=O) groups is 1. The van der Waals surface area contributed by atoms with Crippen molar-refractivity contribution in [1.82, 2.24) is 0 Å². The van der Waals surface area contributed by atoms with Crippen molar-refractivity contribution in [1.29, 1.82) is 0 Å². The summed E-state index contributed by atoms with van der Waals surface area (Å²) in [7, 11) is 1.37. The average molecular weight is 205 g/mol. The molecule has 78 valence electrons. The van der Waals surface area contributed by atoms with E-state index in [1.54, 1.807) is 0 Å². The number of ether oxygens (including phenoxy) is 1. The van der Waals surface area contributed by atoms with Crippen molar-refractivity contribution >= 4 is 17.7 Å². The van der Waals surface area contributed by atoms with E-state index in [0.717, 1.165) is 11.5 Å². The predicted molar refractivity (Wildman–Crippen MR) is 56.8 cm³/mol. The highest BCUT2D eigenvalue weighted by Gasteiger charge is 2.12. The predicted octanol–water partition coefficient (Wildman–Crippen LogP) is 1.41. The highest BCUT2D eigenvalue weighted by Crippen LogP contribution is 2.07. The fourth-order valence-corrected chi connectivity index (χ4v) is 1.95. The molecule has 0 aromatic heterocycles. The first-order valence-electron chi connectivity index (χ1n) is 4.63. The molecule has 3 nitrogen and oxygen atoms in total. The number of esters is 1. The summed E-state index contributed by atoms with van der Waals surface area (Å²) in [5.74, 6) is 1.79. The highest BCUT2D eigenvalue weighted by molar-refractivity contribution is 7.99. The summed E-state index contributed by atoms with van der Waals surface area (Å²) in [5, 5.41) is 0. The van der Waals surface area contributed by atoms with Gasteiger partial charge in [0.25, 0.3) is 0 Å². The number of hydrogen-bond donors (Lipinski definition) is 1. The van der Waals surface area contributed by atoms with E-state index >= 15 is 0 Å². The monoisotopic (exact) mass is 205 g/mol. The molecule has 1 atom stereocenters. The molecule has 0 saturated carbocycles. The highest BCUT2D eigenvalue weighted by atomic mass is 32.2. The Morgan fingerprint density at radius 1 is 1.54 bits per heavy atom. The lowest BCUT2D eigenvalue weighted by atomic mass is 10.2. The van der Waals surface area contributed by atoms with Gasteiger partial charge < -0.3 is 10.5 Å². The zero-order valence-electron chi connectivity index (χ0n) is 8.41. The molecule has 0 aliphatic heterocycles. The maximum absolute atomic E-state index is 10.9. The standard InChI is InChI=1S/C9H19NO2S/c1-3-4-6-13-7-5-8(10)9(11)12-2/h8H,3-7,10H2,1-2H3. The van der Waals surface area contributed by atoms with E-state index in [9.17, 15) is 4.79 Å². The summed E-state index contributed by atoms with van der Waals surface area (Å²) in [5.41, 5.74) is 5.55. The topological polar surface area (TPSA) is 52.3 Å². The van der Waals surface area contributed by atoms with E-state index in [2.05, 4.69) is 11.7 Å². The molecular weight excluding hydrogens is 186 g/mol. The number of unbranched alkanes of at least 4 members (excludes halogenated alkanes) is 1. The van der Waals surface area contributed by atoms with Crippen molar-refractivity contribution in [3.8, 4) is 0 Å². The van der Waals surface area contributed by atoms with Gasteiger partial charge in [0.15, 0.2) is 0 Å². The van der Waals surface area contributed by atoms with Gasteiger partial charge >= 0.3 is 5.97 Å². The minimum Gasteiger partial charge on any atom is -0.468 e. The average Bonchev–Trinajstić information content (AvgIpc) is 2.16. The third kappa shape index (κ3) is 6.90. The zero-order chi connectivity index (χ0) is 10.1. The molecule has 13 heavy (non-hydrogen) atoms. The Hall–Kier alpha value is -0.220. The van der Waals surface area contributed by atoms with Gasteiger partial charge in [-0.05, 0) is 24.3 Å². The largest absolute Gasteiger partial charge is 0.468 e. The molecule has 0 aliphatic rings. The second kappa shape index (κ2) is 8.38. The van der Waals surface area contributed by atoms with Gasteiger partial charge in [-0.15, -0.1) is 0 Å². The van der Waals surface area contributed by atoms with E-state index < -0.39 is 6.04 Å². The second-order valence-electron chi connectivity index (χ2n) is 2.88. The molecule has 4 heteroatoms. The molecule has 0 saturated heterocycles. The van der Waals surface area contributed by atoms with Crippen molar-refractivity contribution in [2.24, 2.45) is 5.73 Å². The second-order valence-corrected chi connectivity index (χ2v) is 4.11. The number of carbonyl (C=O) groups excluding carboxylic acids is 1. The van der Waals surface area contributed by atoms with Crippen LogP contribution in [0.25, 0.3) is 0 Å². The third-order valence-electron chi connectivity index (χ3n) is 1.72. The van der Waals surface area contributed by atoms with E-state index in [1.807, 2.05) is 11.8 Å². The smallest absolute Gasteiger partial charge is 0.322 e. The van der Waals surface area contributed by atoms with Gasteiger partial charge in [-0.2, -0.15) is 11.8 Å². The van der Waals surface area contributed by atoms with Crippen LogP contribution in [0.5, 0.6) is 0 Å². The summed E-state index contributed by atoms with van der Waals surface area (Å²) in [6.07, 6.45) is 3.16. The van der Waals surface area contributed by atoms with Crippen LogP contribution in [-0.4, -0.2) is 30.6 Å². The Morgan fingerprint density at radius 2 is 2.23 bits per heavy atom. The Kier molecular flexibility index (Phi) is 8.24. The van der Waals surface area contributed by atoms with E-state index in [4.69, 9.17) is 5.73 Å². The number of methoxy groups -OCH3 is 1. The van der Waals surface area contributed by atoms with Gasteiger partial charge in [-0.25, -0.2) is 0 Å². The van der Waals surface area contributed by atoms with Crippen LogP contribution < -0.4 is 5.73 Å². The van der Waals surface area contributed by atoms with Crippen LogP contribution >= 0.6 is 11.8 Å². The van der Waals surface area contributed by atoms with Gasteiger partial charge in [-0.1, -0.05) is 13.3 Å². The minimum atomic E-state index is -0.445. The third-order valence-corrected chi connectivity index (χ3v) is 2.82. The number of thioether (sulfide) groups is 1. The molecule has 0 aromatic rings. The quantitative estimate of drug-likeness (QED) is 0.504. The van der Waals surface area contributed by atoms with E-state index in [-0.39, 0.29) is 5.97 Å². The Morgan fingerprint density at radius 3 is 2.77 bits per heavy atom. The van der Waals surface area contributed by atoms with Crippen LogP contribution in [0.3, 0.4) is 0 Å². The van der Waals surface area contributed by atoms with Crippen LogP contribution in [0.15, 0.2) is 0 Å². The Bertz CT molecular complexity index is 142. The fourth-order valence-electron chi connectivity index (χ4n) is 0.828. The molecule has 0 spiro atoms. The van der Waals surface area contributed by atoms with Crippen LogP contribution in [0, 0.1) is 0 Å². The van der Waals surface area contributed by atoms with Crippen LogP contribution in [0.1, 0.15) is 26.2 Å². The SMILES string of the molecule is CCCCSCCC(N)C(=O)OC. The number of nitrogens with two attached hydrogens (primary N) is 1. The lowest BCUT2D eigenvalue weighted by Gasteiger charge is -2.07. The molecular formula is C9H19NO2S. The summed E-state index contributed by atoms with van der Waals surface area (Å²) < 4.78 is 4.52. The lowest BCUT2D eigenvalue weighted by molar-refractivity contribution is -0.142. The fraction of sp³-hybridized carbons (Fsp3) is 0.889. The lowest BCUT2D eigenvalue weighted by Crippen LogP contribution is -2.32. The molecule has 0 fully saturated rings. The first kappa shape index (κ1) is 12.8. The molecule has 0 bridgehead atoms. The number of rotatable bonds is 7. The van der Waals surface area contributed by atoms with Crippen LogP contribution in [0.4, 0.5) is 0 Å². The summed E-state index contributed by atoms with van der Waals surface area (Å²) in [4.78, 5) is 10.9. The van der Waals surface area contributed by atoms with Crippen molar-refractivity contribution in [3.63, 3.8) is 0 Å². The summed E-state index contributed by atoms with van der Waals surface area (Å²) in [6, 6.07) is -0.445.